The van der Waals surface area contributed by atoms with Crippen LogP contribution in [0.15, 0.2) is 6.33 Å². The maximum absolute atomic E-state index is 15.5. The minimum absolute atomic E-state index is 0.0557. The van der Waals surface area contributed by atoms with Crippen LogP contribution in [0.2, 0.25) is 5.28 Å². The minimum atomic E-state index is -2.56. The molecule has 0 bridgehead atoms. The molecule has 0 spiro atoms. The lowest BCUT2D eigenvalue weighted by atomic mass is 10.1. The van der Waals surface area contributed by atoms with Gasteiger partial charge in [0.1, 0.15) is 24.3 Å². The molecular formula is C13H13ClFN5O7. The number of nitrogens with two attached hydrogens (primary N) is 1. The third-order valence-corrected chi connectivity index (χ3v) is 4.15. The lowest BCUT2D eigenvalue weighted by Gasteiger charge is -2.25. The molecule has 146 valence electrons. The number of nitrogens with zero attached hydrogens (tertiary/aromatic N) is 4. The van der Waals surface area contributed by atoms with Gasteiger partial charge in [-0.3, -0.25) is 4.57 Å². The van der Waals surface area contributed by atoms with E-state index in [4.69, 9.17) is 37.0 Å². The number of carboxylic acid groups (broad SMARTS) is 2. The number of fused-ring (bicyclic) bond motifs is 1. The Balaban J connectivity index is 1.84. The molecule has 0 aliphatic carbocycles. The van der Waals surface area contributed by atoms with E-state index in [1.54, 1.807) is 0 Å². The molecular weight excluding hydrogens is 393 g/mol. The van der Waals surface area contributed by atoms with Crippen molar-refractivity contribution in [2.45, 2.75) is 24.1 Å². The van der Waals surface area contributed by atoms with Crippen LogP contribution in [0.4, 0.5) is 10.2 Å². The van der Waals surface area contributed by atoms with Gasteiger partial charge >= 0.3 is 11.9 Å². The lowest BCUT2D eigenvalue weighted by Crippen LogP contribution is -2.44. The van der Waals surface area contributed by atoms with E-state index in [2.05, 4.69) is 15.0 Å². The number of carboxylic acids is 2. The van der Waals surface area contributed by atoms with Crippen LogP contribution in [0.3, 0.4) is 0 Å². The Hall–Kier alpha value is -2.61. The summed E-state index contributed by atoms with van der Waals surface area (Å²) in [5.41, 5.74) is 5.62. The second-order valence-corrected chi connectivity index (χ2v) is 6.01. The summed E-state index contributed by atoms with van der Waals surface area (Å²) in [5.74, 6) is -6.14. The number of anilines is 1. The van der Waals surface area contributed by atoms with Crippen molar-refractivity contribution >= 4 is 40.5 Å². The number of ether oxygens (including phenoxy) is 2. The first-order valence-corrected chi connectivity index (χ1v) is 7.75. The normalized spacial score (nSPS) is 25.3. The molecule has 2 aromatic heterocycles. The van der Waals surface area contributed by atoms with Crippen LogP contribution in [0.5, 0.6) is 0 Å². The maximum Gasteiger partial charge on any atom is 0.344 e. The molecule has 27 heavy (non-hydrogen) atoms. The Morgan fingerprint density at radius 3 is 2.78 bits per heavy atom. The van der Waals surface area contributed by atoms with Gasteiger partial charge in [0.25, 0.3) is 6.10 Å². The molecule has 5 N–H and O–H groups in total. The number of alkyl halides is 1. The molecule has 0 saturated carbocycles. The first-order chi connectivity index (χ1) is 12.6. The van der Waals surface area contributed by atoms with E-state index < -0.39 is 49.3 Å². The summed E-state index contributed by atoms with van der Waals surface area (Å²) >= 11 is 5.72. The Morgan fingerprint density at radius 2 is 2.15 bits per heavy atom. The number of hydrogen-bond acceptors (Lipinski definition) is 9. The molecule has 3 heterocycles. The summed E-state index contributed by atoms with van der Waals surface area (Å²) in [7, 11) is 0. The second-order valence-electron chi connectivity index (χ2n) is 5.67. The quantitative estimate of drug-likeness (QED) is 0.341. The molecule has 0 unspecified atom stereocenters. The zero-order valence-corrected chi connectivity index (χ0v) is 14.1. The SMILES string of the molecule is Nc1nc(Cl)nc2c1ncn2[C@@]1(F)CO[C@H](COC(C(=O)O)C(=O)O)[C@H]1O. The highest BCUT2D eigenvalue weighted by Crippen LogP contribution is 2.36. The van der Waals surface area contributed by atoms with E-state index in [9.17, 15) is 14.7 Å². The molecule has 14 heteroatoms. The van der Waals surface area contributed by atoms with Gasteiger partial charge in [-0.1, -0.05) is 0 Å². The van der Waals surface area contributed by atoms with E-state index in [0.717, 1.165) is 10.9 Å². The molecule has 2 aromatic rings. The number of hydrogen-bond donors (Lipinski definition) is 4. The number of aromatic nitrogens is 4. The molecule has 0 radical (unpaired) electrons. The highest BCUT2D eigenvalue weighted by molar-refractivity contribution is 6.28. The van der Waals surface area contributed by atoms with E-state index in [0.29, 0.717) is 0 Å². The van der Waals surface area contributed by atoms with Gasteiger partial charge in [-0.25, -0.2) is 19.0 Å². The van der Waals surface area contributed by atoms with Gasteiger partial charge in [0.05, 0.1) is 12.9 Å². The summed E-state index contributed by atoms with van der Waals surface area (Å²) in [6, 6.07) is 0. The fourth-order valence-electron chi connectivity index (χ4n) is 2.64. The zero-order chi connectivity index (χ0) is 19.9. The standard InChI is InChI=1S/C13H13ClFN5O7/c14-12-18-8(16)5-9(19-12)20(3-17-5)13(15)2-27-4(7(13)21)1-26-6(10(22)23)11(24)25/h3-4,6-7,21H,1-2H2,(H,22,23)(H,24,25)(H2,16,18,19)/t4-,7-,13+/m1/s1. The van der Waals surface area contributed by atoms with Gasteiger partial charge in [0.15, 0.2) is 11.5 Å². The number of aliphatic carboxylic acids is 2. The van der Waals surface area contributed by atoms with Crippen molar-refractivity contribution in [2.75, 3.05) is 18.9 Å². The summed E-state index contributed by atoms with van der Waals surface area (Å²) in [6.45, 7) is -1.35. The number of nitrogen functional groups attached to an aromatic ring is 1. The average Bonchev–Trinajstić information content (AvgIpc) is 3.11. The molecule has 1 fully saturated rings. The molecule has 3 atom stereocenters. The van der Waals surface area contributed by atoms with Crippen molar-refractivity contribution in [2.24, 2.45) is 0 Å². The van der Waals surface area contributed by atoms with Crippen LogP contribution in [0.1, 0.15) is 0 Å². The first-order valence-electron chi connectivity index (χ1n) is 7.37. The van der Waals surface area contributed by atoms with Crippen LogP contribution < -0.4 is 5.73 Å². The maximum atomic E-state index is 15.5. The van der Waals surface area contributed by atoms with Gasteiger partial charge in [-0.05, 0) is 11.6 Å². The molecule has 1 saturated heterocycles. The summed E-state index contributed by atoms with van der Waals surface area (Å²) < 4.78 is 26.2. The first kappa shape index (κ1) is 19.2. The number of halogens is 2. The highest BCUT2D eigenvalue weighted by atomic mass is 35.5. The largest absolute Gasteiger partial charge is 0.479 e. The Labute approximate surface area is 154 Å². The Kier molecular flexibility index (Phi) is 4.86. The van der Waals surface area contributed by atoms with Crippen LogP contribution in [0.25, 0.3) is 11.2 Å². The van der Waals surface area contributed by atoms with Crippen LogP contribution in [0, 0.1) is 0 Å². The van der Waals surface area contributed by atoms with E-state index >= 15 is 4.39 Å². The fourth-order valence-corrected chi connectivity index (χ4v) is 2.81. The van der Waals surface area contributed by atoms with Crippen molar-refractivity contribution in [3.8, 4) is 0 Å². The van der Waals surface area contributed by atoms with Gasteiger partial charge in [0.2, 0.25) is 11.1 Å². The van der Waals surface area contributed by atoms with E-state index in [1.165, 1.54) is 0 Å². The predicted octanol–water partition coefficient (Wildman–Crippen LogP) is -1.00. The third-order valence-electron chi connectivity index (χ3n) is 3.98. The topological polar surface area (TPSA) is 183 Å². The van der Waals surface area contributed by atoms with Crippen LogP contribution in [-0.4, -0.2) is 78.3 Å². The van der Waals surface area contributed by atoms with E-state index in [1.807, 2.05) is 0 Å². The number of rotatable bonds is 6. The molecule has 1 aliphatic rings. The monoisotopic (exact) mass is 405 g/mol. The predicted molar refractivity (Wildman–Crippen MR) is 84.6 cm³/mol. The summed E-state index contributed by atoms with van der Waals surface area (Å²) in [4.78, 5) is 33.1. The second kappa shape index (κ2) is 6.84. The lowest BCUT2D eigenvalue weighted by molar-refractivity contribution is -0.169. The van der Waals surface area contributed by atoms with Gasteiger partial charge in [-0.15, -0.1) is 0 Å². The van der Waals surface area contributed by atoms with Crippen LogP contribution >= 0.6 is 11.6 Å². The minimum Gasteiger partial charge on any atom is -0.479 e. The smallest absolute Gasteiger partial charge is 0.344 e. The number of aliphatic hydroxyl groups excluding tert-OH is 1. The fraction of sp³-hybridized carbons (Fsp3) is 0.462. The van der Waals surface area contributed by atoms with Crippen molar-refractivity contribution < 1.29 is 38.8 Å². The number of imidazole rings is 1. The van der Waals surface area contributed by atoms with Gasteiger partial charge in [-0.2, -0.15) is 9.97 Å². The average molecular weight is 406 g/mol. The van der Waals surface area contributed by atoms with Gasteiger partial charge in [0, 0.05) is 0 Å². The van der Waals surface area contributed by atoms with Crippen LogP contribution in [-0.2, 0) is 24.9 Å². The van der Waals surface area contributed by atoms with Gasteiger partial charge < -0.3 is 30.5 Å². The number of carbonyl (C=O) groups is 2. The summed E-state index contributed by atoms with van der Waals surface area (Å²) in [5, 5.41) is 27.6. The highest BCUT2D eigenvalue weighted by Gasteiger charge is 2.53. The Morgan fingerprint density at radius 1 is 1.48 bits per heavy atom. The Bertz CT molecular complexity index is 897. The molecule has 1 aliphatic heterocycles. The number of aliphatic hydroxyl groups is 1. The zero-order valence-electron chi connectivity index (χ0n) is 13.3. The van der Waals surface area contributed by atoms with E-state index in [-0.39, 0.29) is 22.3 Å². The molecule has 12 nitrogen and oxygen atoms in total. The van der Waals surface area contributed by atoms with Crippen molar-refractivity contribution in [1.82, 2.24) is 19.5 Å². The van der Waals surface area contributed by atoms with Crippen molar-refractivity contribution in [3.63, 3.8) is 0 Å². The van der Waals surface area contributed by atoms with Crippen molar-refractivity contribution in [1.29, 1.82) is 0 Å². The van der Waals surface area contributed by atoms with Crippen molar-refractivity contribution in [3.05, 3.63) is 11.6 Å². The molecule has 0 amide bonds. The summed E-state index contributed by atoms with van der Waals surface area (Å²) in [6.07, 6.45) is -4.36. The molecule has 0 aromatic carbocycles. The molecule has 3 rings (SSSR count). The third kappa shape index (κ3) is 3.25.